The highest BCUT2D eigenvalue weighted by Crippen LogP contribution is 2.69. The quantitative estimate of drug-likeness (QED) is 0.245. The average Bonchev–Trinajstić information content (AvgIpc) is 3.85. The molecule has 2 saturated heterocycles. The molecule has 0 radical (unpaired) electrons. The molecule has 63 heavy (non-hydrogen) atoms. The SMILES string of the molecule is CC1CC2C(C3CCCCC3)CC(N3C4CCCCC4SC4CCCCC43)CC2C1[Si](C)(C)C1C(C)CC2C(C3CCCCC3)CC(N3C4CCCCC4SC4CCCCC43)CC21. The van der Waals surface area contributed by atoms with Crippen molar-refractivity contribution in [2.24, 2.45) is 59.2 Å². The molecule has 0 amide bonds. The molecule has 12 aliphatic rings. The minimum atomic E-state index is -1.68. The Kier molecular flexibility index (Phi) is 13.5. The van der Waals surface area contributed by atoms with Gasteiger partial charge in [-0.15, -0.1) is 0 Å². The third kappa shape index (κ3) is 8.16. The number of hydrogen-bond acceptors (Lipinski definition) is 4. The van der Waals surface area contributed by atoms with Crippen LogP contribution in [0.15, 0.2) is 0 Å². The predicted molar refractivity (Wildman–Crippen MR) is 276 cm³/mol. The van der Waals surface area contributed by atoms with Gasteiger partial charge in [-0.2, -0.15) is 23.5 Å². The van der Waals surface area contributed by atoms with Crippen LogP contribution in [0.2, 0.25) is 24.2 Å². The predicted octanol–water partition coefficient (Wildman–Crippen LogP) is 16.0. The lowest BCUT2D eigenvalue weighted by Crippen LogP contribution is -2.64. The minimum Gasteiger partial charge on any atom is -0.292 e. The molecule has 0 spiro atoms. The van der Waals surface area contributed by atoms with Crippen LogP contribution in [0.5, 0.6) is 0 Å². The Hall–Kier alpha value is 0.837. The summed E-state index contributed by atoms with van der Waals surface area (Å²) < 4.78 is 0. The van der Waals surface area contributed by atoms with Gasteiger partial charge in [0.15, 0.2) is 0 Å². The highest BCUT2D eigenvalue weighted by atomic mass is 32.2. The van der Waals surface area contributed by atoms with E-state index in [0.29, 0.717) is 0 Å². The molecule has 2 heterocycles. The van der Waals surface area contributed by atoms with E-state index in [9.17, 15) is 0 Å². The van der Waals surface area contributed by atoms with Gasteiger partial charge in [0.25, 0.3) is 0 Å². The Morgan fingerprint density at radius 2 is 0.635 bits per heavy atom. The van der Waals surface area contributed by atoms with E-state index in [-0.39, 0.29) is 0 Å². The van der Waals surface area contributed by atoms with Gasteiger partial charge in [-0.3, -0.25) is 9.80 Å². The average molecular weight is 916 g/mol. The van der Waals surface area contributed by atoms with E-state index in [1.54, 1.807) is 89.9 Å². The van der Waals surface area contributed by atoms with Crippen molar-refractivity contribution in [2.75, 3.05) is 0 Å². The maximum absolute atomic E-state index is 3.47. The van der Waals surface area contributed by atoms with Crippen molar-refractivity contribution in [3.63, 3.8) is 0 Å². The zero-order chi connectivity index (χ0) is 42.4. The molecule has 20 atom stereocenters. The van der Waals surface area contributed by atoms with Crippen LogP contribution in [0.1, 0.15) is 219 Å². The smallest absolute Gasteiger partial charge is 0.0546 e. The van der Waals surface area contributed by atoms with Crippen molar-refractivity contribution < 1.29 is 0 Å². The van der Waals surface area contributed by atoms with Crippen LogP contribution in [0, 0.1) is 59.2 Å². The Balaban J connectivity index is 0.886. The Labute approximate surface area is 399 Å². The van der Waals surface area contributed by atoms with Gasteiger partial charge in [-0.1, -0.05) is 143 Å². The molecule has 2 nitrogen and oxygen atoms in total. The van der Waals surface area contributed by atoms with E-state index in [2.05, 4.69) is 60.3 Å². The summed E-state index contributed by atoms with van der Waals surface area (Å²) in [7, 11) is -1.68. The van der Waals surface area contributed by atoms with Crippen molar-refractivity contribution in [3.05, 3.63) is 0 Å². The van der Waals surface area contributed by atoms with Crippen LogP contribution >= 0.6 is 23.5 Å². The maximum atomic E-state index is 3.47. The molecule has 356 valence electrons. The summed E-state index contributed by atoms with van der Waals surface area (Å²) in [6, 6.07) is 5.44. The van der Waals surface area contributed by atoms with Crippen molar-refractivity contribution in [1.29, 1.82) is 0 Å². The first-order valence-corrected chi connectivity index (χ1v) is 34.7. The second-order valence-corrected chi connectivity index (χ2v) is 35.0. The van der Waals surface area contributed by atoms with Gasteiger partial charge in [0.2, 0.25) is 0 Å². The number of thioether (sulfide) groups is 2. The number of nitrogens with zero attached hydrogens (tertiary/aromatic N) is 2. The second-order valence-electron chi connectivity index (χ2n) is 27.1. The van der Waals surface area contributed by atoms with Gasteiger partial charge in [-0.25, -0.2) is 0 Å². The Morgan fingerprint density at radius 3 is 0.984 bits per heavy atom. The van der Waals surface area contributed by atoms with E-state index in [4.69, 9.17) is 0 Å². The zero-order valence-electron chi connectivity index (χ0n) is 41.5. The summed E-state index contributed by atoms with van der Waals surface area (Å²) in [5, 5.41) is 3.80. The molecule has 5 heteroatoms. The molecule has 0 N–H and O–H groups in total. The monoisotopic (exact) mass is 915 g/mol. The van der Waals surface area contributed by atoms with Gasteiger partial charge in [-0.05, 0) is 160 Å². The van der Waals surface area contributed by atoms with Crippen molar-refractivity contribution in [1.82, 2.24) is 9.80 Å². The van der Waals surface area contributed by atoms with Gasteiger partial charge in [0.1, 0.15) is 0 Å². The number of hydrogen-bond donors (Lipinski definition) is 0. The molecule has 0 bridgehead atoms. The first kappa shape index (κ1) is 45.0. The summed E-state index contributed by atoms with van der Waals surface area (Å²) >= 11 is 5.08. The summed E-state index contributed by atoms with van der Waals surface area (Å²) in [5.41, 5.74) is 2.13. The lowest BCUT2D eigenvalue weighted by atomic mass is 9.63. The molecule has 12 rings (SSSR count). The highest BCUT2D eigenvalue weighted by Gasteiger charge is 2.63. The summed E-state index contributed by atoms with van der Waals surface area (Å²) in [6.07, 6.45) is 49.7. The fourth-order valence-electron chi connectivity index (χ4n) is 22.1. The van der Waals surface area contributed by atoms with E-state index in [1.807, 2.05) is 0 Å². The van der Waals surface area contributed by atoms with E-state index in [1.165, 1.54) is 116 Å². The third-order valence-electron chi connectivity index (χ3n) is 23.8. The van der Waals surface area contributed by atoms with Gasteiger partial charge < -0.3 is 0 Å². The fourth-order valence-corrected chi connectivity index (χ4v) is 32.7. The molecule has 0 aromatic carbocycles. The highest BCUT2D eigenvalue weighted by molar-refractivity contribution is 8.00. The number of fused-ring (bicyclic) bond motifs is 6. The minimum absolute atomic E-state index is 0.903. The molecular formula is C58H98N2S2Si. The standard InChI is InChI=1S/C58H98N2S2Si/c1-37-31-45-43(39-19-7-5-8-20-39)33-41(59-49-23-11-15-27-53(49)61-54-28-16-12-24-50(54)59)35-47(45)57(37)63(3,4)58-38(2)32-46-44(40-21-9-6-10-22-40)34-42(36-48(46)58)60-51-25-13-17-29-55(51)62-56-30-18-14-26-52(56)60/h37-58H,5-36H2,1-4H3. The summed E-state index contributed by atoms with van der Waals surface area (Å²) in [5.74, 6) is 10.3. The first-order chi connectivity index (χ1) is 30.8. The maximum Gasteiger partial charge on any atom is 0.0546 e. The van der Waals surface area contributed by atoms with Crippen molar-refractivity contribution in [2.45, 2.75) is 301 Å². The molecular weight excluding hydrogens is 817 g/mol. The lowest BCUT2D eigenvalue weighted by molar-refractivity contribution is -0.0308. The third-order valence-corrected chi connectivity index (χ3v) is 32.8. The molecule has 20 unspecified atom stereocenters. The largest absolute Gasteiger partial charge is 0.292 e. The van der Waals surface area contributed by atoms with Crippen LogP contribution in [-0.2, 0) is 0 Å². The Bertz CT molecular complexity index is 1390. The topological polar surface area (TPSA) is 6.48 Å². The van der Waals surface area contributed by atoms with Crippen LogP contribution < -0.4 is 0 Å². The molecule has 2 aliphatic heterocycles. The number of rotatable bonds is 6. The zero-order valence-corrected chi connectivity index (χ0v) is 44.2. The van der Waals surface area contributed by atoms with E-state index >= 15 is 0 Å². The summed E-state index contributed by atoms with van der Waals surface area (Å²) in [6.45, 7) is 12.0. The molecule has 12 fully saturated rings. The van der Waals surface area contributed by atoms with Gasteiger partial charge in [0.05, 0.1) is 8.07 Å². The van der Waals surface area contributed by atoms with Crippen molar-refractivity contribution in [3.8, 4) is 0 Å². The van der Waals surface area contributed by atoms with Crippen LogP contribution in [0.3, 0.4) is 0 Å². The summed E-state index contributed by atoms with van der Waals surface area (Å²) in [4.78, 5) is 6.93. The van der Waals surface area contributed by atoms with Crippen LogP contribution in [-0.4, -0.2) is 75.1 Å². The first-order valence-electron chi connectivity index (χ1n) is 29.7. The molecule has 10 saturated carbocycles. The Morgan fingerprint density at radius 1 is 0.333 bits per heavy atom. The fraction of sp³-hybridized carbons (Fsp3) is 1.00. The van der Waals surface area contributed by atoms with E-state index < -0.39 is 8.07 Å². The van der Waals surface area contributed by atoms with E-state index in [0.717, 1.165) is 128 Å². The molecule has 10 aliphatic carbocycles. The normalized spacial score (nSPS) is 51.6. The second kappa shape index (κ2) is 18.9. The molecule has 0 aromatic heterocycles. The molecule has 0 aromatic rings. The van der Waals surface area contributed by atoms with Gasteiger partial charge in [0, 0.05) is 57.3 Å². The van der Waals surface area contributed by atoms with Crippen molar-refractivity contribution >= 4 is 31.6 Å². The van der Waals surface area contributed by atoms with Gasteiger partial charge >= 0.3 is 0 Å². The lowest BCUT2D eigenvalue weighted by Gasteiger charge is -2.60. The van der Waals surface area contributed by atoms with Crippen LogP contribution in [0.25, 0.3) is 0 Å². The van der Waals surface area contributed by atoms with Crippen LogP contribution in [0.4, 0.5) is 0 Å².